The summed E-state index contributed by atoms with van der Waals surface area (Å²) in [4.78, 5) is 22.7. The SMILES string of the molecule is C=CC(=O)Oc1ccccc1N=Nc1ccccc1OC(=O)C=C. The van der Waals surface area contributed by atoms with E-state index >= 15 is 0 Å². The standard InChI is InChI=1S/C18H14N2O4/c1-3-17(21)23-15-11-7-5-9-13(15)19-20-14-10-6-8-12-16(14)24-18(22)4-2/h3-12H,1-2H2. The first-order valence-corrected chi connectivity index (χ1v) is 6.92. The largest absolute Gasteiger partial charge is 0.421 e. The Bertz CT molecular complexity index is 745. The third-order valence-corrected chi connectivity index (χ3v) is 2.75. The Morgan fingerprint density at radius 2 is 1.12 bits per heavy atom. The van der Waals surface area contributed by atoms with Gasteiger partial charge in [0.15, 0.2) is 11.5 Å². The van der Waals surface area contributed by atoms with Gasteiger partial charge < -0.3 is 9.47 Å². The fourth-order valence-corrected chi connectivity index (χ4v) is 1.66. The van der Waals surface area contributed by atoms with Crippen LogP contribution in [-0.4, -0.2) is 11.9 Å². The Hall–Kier alpha value is -3.54. The molecule has 0 N–H and O–H groups in total. The lowest BCUT2D eigenvalue weighted by molar-refractivity contribution is -0.129. The first-order valence-electron chi connectivity index (χ1n) is 6.92. The van der Waals surface area contributed by atoms with E-state index in [9.17, 15) is 9.59 Å². The Morgan fingerprint density at radius 3 is 1.50 bits per heavy atom. The normalized spacial score (nSPS) is 10.2. The van der Waals surface area contributed by atoms with E-state index in [1.807, 2.05) is 0 Å². The minimum atomic E-state index is -0.599. The molecule has 0 atom stereocenters. The van der Waals surface area contributed by atoms with E-state index < -0.39 is 11.9 Å². The summed E-state index contributed by atoms with van der Waals surface area (Å²) in [5.74, 6) is -0.714. The van der Waals surface area contributed by atoms with Gasteiger partial charge in [0.05, 0.1) is 0 Å². The summed E-state index contributed by atoms with van der Waals surface area (Å²) in [6.45, 7) is 6.68. The van der Waals surface area contributed by atoms with Gasteiger partial charge in [-0.1, -0.05) is 37.4 Å². The number of para-hydroxylation sites is 2. The molecule has 0 spiro atoms. The van der Waals surface area contributed by atoms with Crippen molar-refractivity contribution >= 4 is 23.3 Å². The lowest BCUT2D eigenvalue weighted by Crippen LogP contribution is -2.03. The maximum atomic E-state index is 11.3. The van der Waals surface area contributed by atoms with Crippen LogP contribution < -0.4 is 9.47 Å². The highest BCUT2D eigenvalue weighted by atomic mass is 16.5. The molecule has 2 rings (SSSR count). The third-order valence-electron chi connectivity index (χ3n) is 2.75. The molecule has 6 heteroatoms. The first kappa shape index (κ1) is 16.8. The van der Waals surface area contributed by atoms with Crippen molar-refractivity contribution in [2.45, 2.75) is 0 Å². The molecule has 0 heterocycles. The number of benzene rings is 2. The summed E-state index contributed by atoms with van der Waals surface area (Å²) >= 11 is 0. The number of rotatable bonds is 6. The van der Waals surface area contributed by atoms with Crippen LogP contribution in [-0.2, 0) is 9.59 Å². The number of hydrogen-bond acceptors (Lipinski definition) is 6. The van der Waals surface area contributed by atoms with Crippen LogP contribution in [0.2, 0.25) is 0 Å². The highest BCUT2D eigenvalue weighted by Crippen LogP contribution is 2.32. The van der Waals surface area contributed by atoms with Gasteiger partial charge in [-0.15, -0.1) is 10.2 Å². The summed E-state index contributed by atoms with van der Waals surface area (Å²) in [7, 11) is 0. The second-order valence-corrected chi connectivity index (χ2v) is 4.39. The van der Waals surface area contributed by atoms with Gasteiger partial charge in [-0.3, -0.25) is 0 Å². The quantitative estimate of drug-likeness (QED) is 0.344. The van der Waals surface area contributed by atoms with Crippen LogP contribution in [0.1, 0.15) is 0 Å². The molecule has 120 valence electrons. The predicted octanol–water partition coefficient (Wildman–Crippen LogP) is 4.28. The van der Waals surface area contributed by atoms with Crippen molar-refractivity contribution in [3.63, 3.8) is 0 Å². The second-order valence-electron chi connectivity index (χ2n) is 4.39. The Morgan fingerprint density at radius 1 is 0.750 bits per heavy atom. The number of hydrogen-bond donors (Lipinski definition) is 0. The van der Waals surface area contributed by atoms with Crippen molar-refractivity contribution in [2.75, 3.05) is 0 Å². The fourth-order valence-electron chi connectivity index (χ4n) is 1.66. The van der Waals surface area contributed by atoms with Crippen LogP contribution in [0.4, 0.5) is 11.4 Å². The average molecular weight is 322 g/mol. The molecule has 2 aromatic carbocycles. The Balaban J connectivity index is 2.29. The highest BCUT2D eigenvalue weighted by Gasteiger charge is 2.08. The molecular formula is C18H14N2O4. The van der Waals surface area contributed by atoms with Crippen molar-refractivity contribution in [2.24, 2.45) is 10.2 Å². The number of nitrogens with zero attached hydrogens (tertiary/aromatic N) is 2. The summed E-state index contributed by atoms with van der Waals surface area (Å²) < 4.78 is 10.2. The predicted molar refractivity (Wildman–Crippen MR) is 88.7 cm³/mol. The number of azo groups is 1. The molecule has 0 bridgehead atoms. The molecule has 24 heavy (non-hydrogen) atoms. The third kappa shape index (κ3) is 4.48. The Labute approximate surface area is 138 Å². The summed E-state index contributed by atoms with van der Waals surface area (Å²) in [6.07, 6.45) is 2.11. The van der Waals surface area contributed by atoms with E-state index in [0.29, 0.717) is 11.4 Å². The van der Waals surface area contributed by atoms with Gasteiger partial charge in [0.2, 0.25) is 0 Å². The van der Waals surface area contributed by atoms with Gasteiger partial charge in [-0.05, 0) is 24.3 Å². The summed E-state index contributed by atoms with van der Waals surface area (Å²) in [5, 5.41) is 8.11. The molecule has 0 saturated carbocycles. The van der Waals surface area contributed by atoms with Crippen LogP contribution in [0.15, 0.2) is 84.1 Å². The maximum absolute atomic E-state index is 11.3. The van der Waals surface area contributed by atoms with E-state index in [0.717, 1.165) is 12.2 Å². The van der Waals surface area contributed by atoms with Crippen molar-refractivity contribution in [3.8, 4) is 11.5 Å². The number of carbonyl (C=O) groups excluding carboxylic acids is 2. The maximum Gasteiger partial charge on any atom is 0.335 e. The van der Waals surface area contributed by atoms with E-state index in [2.05, 4.69) is 23.4 Å². The van der Waals surface area contributed by atoms with Crippen molar-refractivity contribution in [1.29, 1.82) is 0 Å². The van der Waals surface area contributed by atoms with Gasteiger partial charge in [-0.2, -0.15) is 0 Å². The van der Waals surface area contributed by atoms with Crippen LogP contribution in [0.3, 0.4) is 0 Å². The molecule has 2 aromatic rings. The smallest absolute Gasteiger partial charge is 0.335 e. The summed E-state index contributed by atoms with van der Waals surface area (Å²) in [5.41, 5.74) is 0.690. The van der Waals surface area contributed by atoms with E-state index in [-0.39, 0.29) is 11.5 Å². The van der Waals surface area contributed by atoms with Gasteiger partial charge >= 0.3 is 11.9 Å². The van der Waals surface area contributed by atoms with Gasteiger partial charge in [0, 0.05) is 12.2 Å². The molecule has 0 fully saturated rings. The lowest BCUT2D eigenvalue weighted by atomic mass is 10.3. The van der Waals surface area contributed by atoms with Crippen LogP contribution in [0, 0.1) is 0 Å². The number of ether oxygens (including phenoxy) is 2. The molecule has 0 amide bonds. The highest BCUT2D eigenvalue weighted by molar-refractivity contribution is 5.85. The van der Waals surface area contributed by atoms with E-state index in [4.69, 9.17) is 9.47 Å². The zero-order chi connectivity index (χ0) is 17.4. The van der Waals surface area contributed by atoms with E-state index in [1.54, 1.807) is 48.5 Å². The molecule has 0 unspecified atom stereocenters. The zero-order valence-electron chi connectivity index (χ0n) is 12.7. The van der Waals surface area contributed by atoms with Crippen LogP contribution in [0.25, 0.3) is 0 Å². The monoisotopic (exact) mass is 322 g/mol. The topological polar surface area (TPSA) is 77.3 Å². The molecule has 0 saturated heterocycles. The van der Waals surface area contributed by atoms with Gasteiger partial charge in [0.25, 0.3) is 0 Å². The van der Waals surface area contributed by atoms with Crippen LogP contribution in [0.5, 0.6) is 11.5 Å². The van der Waals surface area contributed by atoms with Gasteiger partial charge in [0.1, 0.15) is 11.4 Å². The lowest BCUT2D eigenvalue weighted by Gasteiger charge is -2.05. The first-order chi connectivity index (χ1) is 11.6. The average Bonchev–Trinajstić information content (AvgIpc) is 2.61. The minimum Gasteiger partial charge on any atom is -0.421 e. The molecule has 0 aliphatic heterocycles. The molecule has 6 nitrogen and oxygen atoms in total. The number of esters is 2. The van der Waals surface area contributed by atoms with Crippen LogP contribution >= 0.6 is 0 Å². The Kier molecular flexibility index (Phi) is 5.74. The number of carbonyl (C=O) groups is 2. The van der Waals surface area contributed by atoms with Gasteiger partial charge in [-0.25, -0.2) is 9.59 Å². The molecule has 0 radical (unpaired) electrons. The van der Waals surface area contributed by atoms with Crippen molar-refractivity contribution in [1.82, 2.24) is 0 Å². The van der Waals surface area contributed by atoms with Crippen molar-refractivity contribution in [3.05, 3.63) is 73.8 Å². The van der Waals surface area contributed by atoms with E-state index in [1.165, 1.54) is 0 Å². The molecule has 0 aromatic heterocycles. The molecule has 0 aliphatic rings. The van der Waals surface area contributed by atoms with Crippen molar-refractivity contribution < 1.29 is 19.1 Å². The second kappa shape index (κ2) is 8.19. The minimum absolute atomic E-state index is 0.242. The molecular weight excluding hydrogens is 308 g/mol. The zero-order valence-corrected chi connectivity index (χ0v) is 12.7. The summed E-state index contributed by atoms with van der Waals surface area (Å²) in [6, 6.07) is 13.3. The molecule has 0 aliphatic carbocycles. The fraction of sp³-hybridized carbons (Fsp3) is 0.